The fourth-order valence-corrected chi connectivity index (χ4v) is 4.05. The number of ether oxygens (including phenoxy) is 3. The molecule has 2 aliphatic heterocycles. The van der Waals surface area contributed by atoms with Crippen LogP contribution in [0.4, 0.5) is 14.4 Å². The Bertz CT molecular complexity index is 1220. The highest BCUT2D eigenvalue weighted by Gasteiger charge is 2.39. The van der Waals surface area contributed by atoms with Gasteiger partial charge in [-0.15, -0.1) is 4.99 Å². The molecule has 2 saturated heterocycles. The summed E-state index contributed by atoms with van der Waals surface area (Å²) in [5.41, 5.74) is 3.90. The third kappa shape index (κ3) is 10.4. The molecule has 0 unspecified atom stereocenters. The van der Waals surface area contributed by atoms with E-state index in [9.17, 15) is 19.2 Å². The Labute approximate surface area is 251 Å². The van der Waals surface area contributed by atoms with Gasteiger partial charge < -0.3 is 35.5 Å². The van der Waals surface area contributed by atoms with Gasteiger partial charge in [0, 0.05) is 25.6 Å². The first-order valence-corrected chi connectivity index (χ1v) is 14.2. The fourth-order valence-electron chi connectivity index (χ4n) is 4.05. The van der Waals surface area contributed by atoms with Crippen LogP contribution in [0, 0.1) is 5.92 Å². The molecule has 16 heteroatoms. The number of β-lactam (4-membered cyclic amide) rings is 1. The summed E-state index contributed by atoms with van der Waals surface area (Å²) in [5.74, 6) is -0.231. The van der Waals surface area contributed by atoms with Crippen LogP contribution < -0.4 is 16.4 Å². The molecule has 3 rings (SSSR count). The number of rotatable bonds is 6. The molecule has 3 heterocycles. The Morgan fingerprint density at radius 1 is 1.05 bits per heavy atom. The highest BCUT2D eigenvalue weighted by Crippen LogP contribution is 2.22. The summed E-state index contributed by atoms with van der Waals surface area (Å²) in [4.78, 5) is 58.4. The zero-order valence-electron chi connectivity index (χ0n) is 26.5. The van der Waals surface area contributed by atoms with Crippen LogP contribution in [-0.2, 0) is 32.1 Å². The second-order valence-corrected chi connectivity index (χ2v) is 13.6. The minimum Gasteiger partial charge on any atom is -0.444 e. The number of hydrogen-bond donors (Lipinski definition) is 3. The van der Waals surface area contributed by atoms with Crippen LogP contribution in [0.1, 0.15) is 68.0 Å². The van der Waals surface area contributed by atoms with Gasteiger partial charge in [0.2, 0.25) is 11.9 Å². The van der Waals surface area contributed by atoms with Crippen molar-refractivity contribution in [3.63, 3.8) is 0 Å². The highest BCUT2D eigenvalue weighted by molar-refractivity contribution is 5.99. The number of alkyl carbamates (subject to hydrolysis) is 1. The third-order valence-electron chi connectivity index (χ3n) is 5.94. The van der Waals surface area contributed by atoms with E-state index in [1.54, 1.807) is 67.2 Å². The lowest BCUT2D eigenvalue weighted by Gasteiger charge is -2.43. The number of nitrogens with one attached hydrogen (secondary N) is 2. The van der Waals surface area contributed by atoms with Gasteiger partial charge in [-0.05, 0) is 62.3 Å². The van der Waals surface area contributed by atoms with E-state index in [0.29, 0.717) is 25.3 Å². The summed E-state index contributed by atoms with van der Waals surface area (Å²) in [6.07, 6.45) is -0.704. The number of carbonyl (C=O) groups is 4. The summed E-state index contributed by atoms with van der Waals surface area (Å²) >= 11 is 0. The van der Waals surface area contributed by atoms with Crippen LogP contribution in [0.25, 0.3) is 0 Å². The van der Waals surface area contributed by atoms with Gasteiger partial charge >= 0.3 is 18.3 Å². The van der Waals surface area contributed by atoms with Crippen LogP contribution in [0.5, 0.6) is 0 Å². The molecule has 1 aromatic rings. The Morgan fingerprint density at radius 3 is 2.19 bits per heavy atom. The molecule has 0 spiro atoms. The minimum absolute atomic E-state index is 0.000359. The maximum atomic E-state index is 13.5. The summed E-state index contributed by atoms with van der Waals surface area (Å²) in [6, 6.07) is -0.962. The van der Waals surface area contributed by atoms with Gasteiger partial charge in [0.05, 0.1) is 25.3 Å². The zero-order valence-corrected chi connectivity index (χ0v) is 26.5. The number of nitrogens with zero attached hydrogens (tertiary/aromatic N) is 6. The van der Waals surface area contributed by atoms with Crippen LogP contribution in [0.2, 0.25) is 0 Å². The molecule has 2 aliphatic rings. The molecule has 4 amide bonds. The van der Waals surface area contributed by atoms with Crippen molar-refractivity contribution >= 4 is 30.1 Å². The number of aliphatic imine (C=N–C) groups is 1. The zero-order chi connectivity index (χ0) is 32.3. The first kappa shape index (κ1) is 33.6. The predicted molar refractivity (Wildman–Crippen MR) is 155 cm³/mol. The lowest BCUT2D eigenvalue weighted by molar-refractivity contribution is -0.130. The Balaban J connectivity index is 1.82. The summed E-state index contributed by atoms with van der Waals surface area (Å²) < 4.78 is 16.4. The molecule has 0 radical (unpaired) electrons. The molecule has 0 aliphatic carbocycles. The average molecular weight is 608 g/mol. The molecule has 240 valence electrons. The summed E-state index contributed by atoms with van der Waals surface area (Å²) in [6.45, 7) is 16.8. The molecule has 2 fully saturated rings. The summed E-state index contributed by atoms with van der Waals surface area (Å²) in [7, 11) is 0. The SMILES string of the molecule is CC(C)(C)OC(=O)N=C(N1CC(CNC(=O)OC(C)(C)C)C1)N(Cc1cnn(C[C@H]2NC(=O)[C@H]2N)n1)C(=O)OC(C)(C)C. The largest absolute Gasteiger partial charge is 0.444 e. The normalized spacial score (nSPS) is 19.5. The van der Waals surface area contributed by atoms with Gasteiger partial charge in [0.25, 0.3) is 0 Å². The van der Waals surface area contributed by atoms with E-state index >= 15 is 0 Å². The van der Waals surface area contributed by atoms with Crippen molar-refractivity contribution in [2.24, 2.45) is 16.6 Å². The quantitative estimate of drug-likeness (QED) is 0.184. The van der Waals surface area contributed by atoms with Gasteiger partial charge in [-0.2, -0.15) is 15.0 Å². The lowest BCUT2D eigenvalue weighted by Crippen LogP contribution is -2.68. The number of carbonyl (C=O) groups excluding carboxylic acids is 4. The maximum absolute atomic E-state index is 13.5. The smallest absolute Gasteiger partial charge is 0.437 e. The first-order chi connectivity index (χ1) is 19.7. The van der Waals surface area contributed by atoms with Crippen LogP contribution >= 0.6 is 0 Å². The van der Waals surface area contributed by atoms with Crippen molar-refractivity contribution in [3.05, 3.63) is 11.9 Å². The molecule has 4 N–H and O–H groups in total. The third-order valence-corrected chi connectivity index (χ3v) is 5.94. The van der Waals surface area contributed by atoms with Crippen molar-refractivity contribution in [1.82, 2.24) is 35.4 Å². The number of aromatic nitrogens is 3. The molecule has 1 aromatic heterocycles. The van der Waals surface area contributed by atoms with Gasteiger partial charge in [-0.25, -0.2) is 19.3 Å². The Morgan fingerprint density at radius 2 is 1.65 bits per heavy atom. The van der Waals surface area contributed by atoms with E-state index in [1.807, 2.05) is 0 Å². The number of amides is 4. The van der Waals surface area contributed by atoms with Crippen molar-refractivity contribution < 1.29 is 33.4 Å². The standard InChI is InChI=1S/C27H45N9O7/c1-25(2,3)41-22(38)29-10-16-12-34(13-16)21(32-23(39)42-26(4,5)6)35(24(40)43-27(7,8)9)14-17-11-30-36(33-17)15-18-19(28)20(37)31-18/h11,16,18-19H,10,12-15,28H2,1-9H3,(H,29,38)(H,31,37)/t18-,19+/m1/s1. The van der Waals surface area contributed by atoms with Crippen molar-refractivity contribution in [2.45, 2.75) is 104 Å². The molecule has 0 bridgehead atoms. The van der Waals surface area contributed by atoms with E-state index in [4.69, 9.17) is 19.9 Å². The van der Waals surface area contributed by atoms with E-state index < -0.39 is 41.1 Å². The highest BCUT2D eigenvalue weighted by atomic mass is 16.6. The number of nitrogens with two attached hydrogens (primary N) is 1. The molecule has 2 atom stereocenters. The Kier molecular flexibility index (Phi) is 9.93. The predicted octanol–water partition coefficient (Wildman–Crippen LogP) is 1.59. The second-order valence-electron chi connectivity index (χ2n) is 13.6. The molecular formula is C27H45N9O7. The second kappa shape index (κ2) is 12.7. The summed E-state index contributed by atoms with van der Waals surface area (Å²) in [5, 5.41) is 14.1. The molecule has 16 nitrogen and oxygen atoms in total. The van der Waals surface area contributed by atoms with Crippen molar-refractivity contribution in [1.29, 1.82) is 0 Å². The lowest BCUT2D eigenvalue weighted by atomic mass is 10.0. The fraction of sp³-hybridized carbons (Fsp3) is 0.741. The maximum Gasteiger partial charge on any atom is 0.437 e. The topological polar surface area (TPSA) is 196 Å². The Hall–Kier alpha value is -3.95. The monoisotopic (exact) mass is 607 g/mol. The molecular weight excluding hydrogens is 562 g/mol. The van der Waals surface area contributed by atoms with E-state index in [-0.39, 0.29) is 36.9 Å². The number of hydrogen-bond acceptors (Lipinski definition) is 10. The van der Waals surface area contributed by atoms with Gasteiger partial charge in [-0.1, -0.05) is 0 Å². The van der Waals surface area contributed by atoms with Crippen LogP contribution in [0.3, 0.4) is 0 Å². The van der Waals surface area contributed by atoms with Crippen LogP contribution in [-0.4, -0.2) is 103 Å². The van der Waals surface area contributed by atoms with Crippen molar-refractivity contribution in [2.75, 3.05) is 19.6 Å². The number of guanidine groups is 1. The van der Waals surface area contributed by atoms with Crippen molar-refractivity contribution in [3.8, 4) is 0 Å². The van der Waals surface area contributed by atoms with E-state index in [0.717, 1.165) is 0 Å². The van der Waals surface area contributed by atoms with E-state index in [1.165, 1.54) is 15.9 Å². The number of likely N-dealkylation sites (tertiary alicyclic amines) is 1. The molecule has 0 saturated carbocycles. The van der Waals surface area contributed by atoms with E-state index in [2.05, 4.69) is 25.8 Å². The van der Waals surface area contributed by atoms with Gasteiger partial charge in [0.1, 0.15) is 28.5 Å². The molecule has 0 aromatic carbocycles. The average Bonchev–Trinajstić information content (AvgIpc) is 3.24. The minimum atomic E-state index is -0.884. The first-order valence-electron chi connectivity index (χ1n) is 14.2. The molecule has 43 heavy (non-hydrogen) atoms. The van der Waals surface area contributed by atoms with Gasteiger partial charge in [-0.3, -0.25) is 4.79 Å². The van der Waals surface area contributed by atoms with Gasteiger partial charge in [0.15, 0.2) is 0 Å². The van der Waals surface area contributed by atoms with Crippen LogP contribution in [0.15, 0.2) is 11.2 Å².